The molecule has 116 valence electrons. The first-order valence-electron chi connectivity index (χ1n) is 7.73. The van der Waals surface area contributed by atoms with E-state index in [9.17, 15) is 4.79 Å². The number of carbonyl (C=O) groups is 1. The number of hydrogen-bond donors (Lipinski definition) is 0. The van der Waals surface area contributed by atoms with E-state index in [1.807, 2.05) is 29.8 Å². The second kappa shape index (κ2) is 5.27. The van der Waals surface area contributed by atoms with E-state index < -0.39 is 0 Å². The molecule has 0 bridgehead atoms. The van der Waals surface area contributed by atoms with Gasteiger partial charge in [0, 0.05) is 26.5 Å². The molecular formula is C18H23N3O. The van der Waals surface area contributed by atoms with Crippen molar-refractivity contribution < 1.29 is 4.79 Å². The molecule has 1 heterocycles. The van der Waals surface area contributed by atoms with Crippen LogP contribution >= 0.6 is 0 Å². The lowest BCUT2D eigenvalue weighted by Gasteiger charge is -2.24. The Morgan fingerprint density at radius 3 is 2.41 bits per heavy atom. The Morgan fingerprint density at radius 2 is 1.91 bits per heavy atom. The van der Waals surface area contributed by atoms with Crippen molar-refractivity contribution in [2.24, 2.45) is 7.05 Å². The van der Waals surface area contributed by atoms with Crippen LogP contribution in [0.25, 0.3) is 0 Å². The van der Waals surface area contributed by atoms with E-state index in [-0.39, 0.29) is 11.3 Å². The Labute approximate surface area is 131 Å². The number of likely N-dealkylation sites (N-methyl/N-ethyl adjacent to an activating group) is 1. The van der Waals surface area contributed by atoms with Crippen LogP contribution in [-0.2, 0) is 23.8 Å². The first-order chi connectivity index (χ1) is 10.4. The van der Waals surface area contributed by atoms with Gasteiger partial charge in [0.1, 0.15) is 5.82 Å². The van der Waals surface area contributed by atoms with Crippen LogP contribution in [0, 0.1) is 13.8 Å². The van der Waals surface area contributed by atoms with Crippen molar-refractivity contribution in [2.75, 3.05) is 7.05 Å². The molecule has 22 heavy (non-hydrogen) atoms. The Morgan fingerprint density at radius 1 is 1.27 bits per heavy atom. The third-order valence-electron chi connectivity index (χ3n) is 4.58. The average molecular weight is 297 g/mol. The molecule has 0 spiro atoms. The van der Waals surface area contributed by atoms with Gasteiger partial charge >= 0.3 is 0 Å². The zero-order chi connectivity index (χ0) is 15.9. The third kappa shape index (κ3) is 2.54. The number of amides is 1. The molecule has 4 nitrogen and oxygen atoms in total. The van der Waals surface area contributed by atoms with Crippen molar-refractivity contribution in [3.63, 3.8) is 0 Å². The summed E-state index contributed by atoms with van der Waals surface area (Å²) in [6.45, 7) is 4.73. The minimum absolute atomic E-state index is 0.209. The van der Waals surface area contributed by atoms with E-state index in [0.29, 0.717) is 6.54 Å². The fraction of sp³-hybridized carbons (Fsp3) is 0.444. The molecule has 2 aromatic rings. The number of hydrogen-bond acceptors (Lipinski definition) is 2. The minimum atomic E-state index is -0.309. The quantitative estimate of drug-likeness (QED) is 0.870. The number of aryl methyl sites for hydroxylation is 3. The van der Waals surface area contributed by atoms with E-state index >= 15 is 0 Å². The maximum atomic E-state index is 13.0. The predicted molar refractivity (Wildman–Crippen MR) is 86.5 cm³/mol. The molecule has 1 aliphatic carbocycles. The Balaban J connectivity index is 1.83. The molecule has 3 rings (SSSR count). The van der Waals surface area contributed by atoms with Crippen LogP contribution in [0.5, 0.6) is 0 Å². The molecule has 1 aromatic carbocycles. The summed E-state index contributed by atoms with van der Waals surface area (Å²) in [6, 6.07) is 6.47. The summed E-state index contributed by atoms with van der Waals surface area (Å²) in [4.78, 5) is 19.1. The Bertz CT molecular complexity index is 693. The van der Waals surface area contributed by atoms with Crippen LogP contribution in [0.2, 0.25) is 0 Å². The molecule has 1 fully saturated rings. The standard InChI is InChI=1S/C18H23N3O/c1-13-9-14(2)11-15(10-13)18(5-6-18)17(22)21(4)12-16-19-7-8-20(16)3/h7-11H,5-6,12H2,1-4H3. The highest BCUT2D eigenvalue weighted by atomic mass is 16.2. The number of rotatable bonds is 4. The summed E-state index contributed by atoms with van der Waals surface area (Å²) in [6.07, 6.45) is 5.56. The second-order valence-corrected chi connectivity index (χ2v) is 6.57. The molecule has 0 radical (unpaired) electrons. The number of aromatic nitrogens is 2. The predicted octanol–water partition coefficient (Wildman–Crippen LogP) is 2.73. The summed E-state index contributed by atoms with van der Waals surface area (Å²) in [5.41, 5.74) is 3.31. The maximum absolute atomic E-state index is 13.0. The van der Waals surface area contributed by atoms with E-state index in [2.05, 4.69) is 37.0 Å². The highest BCUT2D eigenvalue weighted by molar-refractivity contribution is 5.91. The SMILES string of the molecule is Cc1cc(C)cc(C2(C(=O)N(C)Cc3nccn3C)CC2)c1. The highest BCUT2D eigenvalue weighted by Gasteiger charge is 2.52. The van der Waals surface area contributed by atoms with Gasteiger partial charge in [-0.05, 0) is 32.3 Å². The number of nitrogens with zero attached hydrogens (tertiary/aromatic N) is 3. The molecule has 1 aliphatic rings. The molecule has 1 amide bonds. The monoisotopic (exact) mass is 297 g/mol. The lowest BCUT2D eigenvalue weighted by molar-refractivity contribution is -0.133. The summed E-state index contributed by atoms with van der Waals surface area (Å²) in [7, 11) is 3.83. The van der Waals surface area contributed by atoms with E-state index in [0.717, 1.165) is 18.7 Å². The Hall–Kier alpha value is -2.10. The van der Waals surface area contributed by atoms with Crippen molar-refractivity contribution in [2.45, 2.75) is 38.6 Å². The summed E-state index contributed by atoms with van der Waals surface area (Å²) < 4.78 is 1.96. The highest BCUT2D eigenvalue weighted by Crippen LogP contribution is 2.50. The van der Waals surface area contributed by atoms with Crippen molar-refractivity contribution in [1.29, 1.82) is 0 Å². The van der Waals surface area contributed by atoms with Gasteiger partial charge in [0.25, 0.3) is 0 Å². The minimum Gasteiger partial charge on any atom is -0.338 e. The van der Waals surface area contributed by atoms with Gasteiger partial charge in [-0.3, -0.25) is 4.79 Å². The first kappa shape index (κ1) is 14.8. The summed E-state index contributed by atoms with van der Waals surface area (Å²) >= 11 is 0. The fourth-order valence-corrected chi connectivity index (χ4v) is 3.20. The third-order valence-corrected chi connectivity index (χ3v) is 4.58. The molecule has 0 aliphatic heterocycles. The van der Waals surface area contributed by atoms with Crippen LogP contribution in [0.1, 0.15) is 35.4 Å². The van der Waals surface area contributed by atoms with Crippen LogP contribution in [0.3, 0.4) is 0 Å². The smallest absolute Gasteiger partial charge is 0.233 e. The second-order valence-electron chi connectivity index (χ2n) is 6.57. The molecule has 1 aromatic heterocycles. The Kier molecular flexibility index (Phi) is 3.55. The van der Waals surface area contributed by atoms with Gasteiger partial charge in [-0.1, -0.05) is 29.3 Å². The maximum Gasteiger partial charge on any atom is 0.233 e. The van der Waals surface area contributed by atoms with Gasteiger partial charge in [0.2, 0.25) is 5.91 Å². The topological polar surface area (TPSA) is 38.1 Å². The van der Waals surface area contributed by atoms with Crippen LogP contribution < -0.4 is 0 Å². The molecule has 0 N–H and O–H groups in total. The first-order valence-corrected chi connectivity index (χ1v) is 7.73. The number of carbonyl (C=O) groups excluding carboxylic acids is 1. The molecule has 0 atom stereocenters. The normalized spacial score (nSPS) is 15.6. The zero-order valence-corrected chi connectivity index (χ0v) is 13.8. The molecule has 1 saturated carbocycles. The van der Waals surface area contributed by atoms with Crippen LogP contribution in [-0.4, -0.2) is 27.4 Å². The van der Waals surface area contributed by atoms with E-state index in [1.165, 1.54) is 16.7 Å². The van der Waals surface area contributed by atoms with Crippen molar-refractivity contribution in [1.82, 2.24) is 14.5 Å². The number of benzene rings is 1. The van der Waals surface area contributed by atoms with E-state index in [1.54, 1.807) is 6.20 Å². The molecule has 0 unspecified atom stereocenters. The van der Waals surface area contributed by atoms with Gasteiger partial charge in [-0.25, -0.2) is 4.98 Å². The largest absolute Gasteiger partial charge is 0.338 e. The van der Waals surface area contributed by atoms with Crippen molar-refractivity contribution >= 4 is 5.91 Å². The zero-order valence-electron chi connectivity index (χ0n) is 13.8. The van der Waals surface area contributed by atoms with Gasteiger partial charge in [-0.15, -0.1) is 0 Å². The lowest BCUT2D eigenvalue weighted by Crippen LogP contribution is -2.36. The van der Waals surface area contributed by atoms with E-state index in [4.69, 9.17) is 0 Å². The fourth-order valence-electron chi connectivity index (χ4n) is 3.20. The van der Waals surface area contributed by atoms with Gasteiger partial charge < -0.3 is 9.47 Å². The van der Waals surface area contributed by atoms with Gasteiger partial charge in [-0.2, -0.15) is 0 Å². The van der Waals surface area contributed by atoms with Gasteiger partial charge in [0.05, 0.1) is 12.0 Å². The van der Waals surface area contributed by atoms with Crippen molar-refractivity contribution in [3.8, 4) is 0 Å². The van der Waals surface area contributed by atoms with Crippen LogP contribution in [0.4, 0.5) is 0 Å². The summed E-state index contributed by atoms with van der Waals surface area (Å²) in [5, 5.41) is 0. The molecule has 4 heteroatoms. The van der Waals surface area contributed by atoms with Gasteiger partial charge in [0.15, 0.2) is 0 Å². The van der Waals surface area contributed by atoms with Crippen molar-refractivity contribution in [3.05, 3.63) is 53.1 Å². The molecular weight excluding hydrogens is 274 g/mol. The molecule has 0 saturated heterocycles. The van der Waals surface area contributed by atoms with Crippen LogP contribution in [0.15, 0.2) is 30.6 Å². The lowest BCUT2D eigenvalue weighted by atomic mass is 9.91. The summed E-state index contributed by atoms with van der Waals surface area (Å²) in [5.74, 6) is 1.12. The average Bonchev–Trinajstić information content (AvgIpc) is 3.17. The number of imidazole rings is 1.